The third-order valence-corrected chi connectivity index (χ3v) is 6.51. The molecular weight excluding hydrogens is 463 g/mol. The SMILES string of the molecule is O=C(CN1CCOCC1)Nc1cccc(C(=O)N2CCC[C@H]2c2n[nH]c(Cc3ccc(F)cc3)n2)c1. The molecule has 2 amide bonds. The van der Waals surface area contributed by atoms with Crippen LogP contribution in [0.3, 0.4) is 0 Å². The molecule has 9 nitrogen and oxygen atoms in total. The minimum absolute atomic E-state index is 0.116. The molecule has 1 atom stereocenters. The molecule has 2 fully saturated rings. The summed E-state index contributed by atoms with van der Waals surface area (Å²) in [6.07, 6.45) is 2.13. The van der Waals surface area contributed by atoms with Gasteiger partial charge in [0.05, 0.1) is 25.8 Å². The third kappa shape index (κ3) is 5.77. The summed E-state index contributed by atoms with van der Waals surface area (Å²) in [6, 6.07) is 13.1. The molecule has 0 saturated carbocycles. The van der Waals surface area contributed by atoms with E-state index in [0.29, 0.717) is 55.6 Å². The van der Waals surface area contributed by atoms with Gasteiger partial charge in [0.2, 0.25) is 5.91 Å². The van der Waals surface area contributed by atoms with E-state index in [2.05, 4.69) is 20.5 Å². The van der Waals surface area contributed by atoms with Crippen LogP contribution in [-0.2, 0) is 16.0 Å². The van der Waals surface area contributed by atoms with Gasteiger partial charge in [0.1, 0.15) is 11.6 Å². The summed E-state index contributed by atoms with van der Waals surface area (Å²) in [5.74, 6) is 0.730. The summed E-state index contributed by atoms with van der Waals surface area (Å²) in [7, 11) is 0. The van der Waals surface area contributed by atoms with Crippen molar-refractivity contribution in [3.05, 3.63) is 77.1 Å². The summed E-state index contributed by atoms with van der Waals surface area (Å²) < 4.78 is 18.5. The molecule has 2 aromatic carbocycles. The Kier molecular flexibility index (Phi) is 7.33. The molecule has 188 valence electrons. The zero-order valence-corrected chi connectivity index (χ0v) is 20.0. The lowest BCUT2D eigenvalue weighted by atomic mass is 10.1. The molecule has 3 heterocycles. The van der Waals surface area contributed by atoms with E-state index in [9.17, 15) is 14.0 Å². The number of benzene rings is 2. The summed E-state index contributed by atoms with van der Waals surface area (Å²) >= 11 is 0. The molecule has 2 N–H and O–H groups in total. The lowest BCUT2D eigenvalue weighted by Crippen LogP contribution is -2.41. The van der Waals surface area contributed by atoms with Gasteiger partial charge in [-0.1, -0.05) is 18.2 Å². The van der Waals surface area contributed by atoms with Crippen molar-refractivity contribution < 1.29 is 18.7 Å². The number of hydrogen-bond acceptors (Lipinski definition) is 6. The number of hydrogen-bond donors (Lipinski definition) is 2. The number of ether oxygens (including phenoxy) is 1. The molecule has 3 aromatic rings. The number of carbonyl (C=O) groups is 2. The minimum Gasteiger partial charge on any atom is -0.379 e. The second-order valence-corrected chi connectivity index (χ2v) is 9.12. The Hall–Kier alpha value is -3.63. The maximum Gasteiger partial charge on any atom is 0.254 e. The van der Waals surface area contributed by atoms with E-state index in [1.54, 1.807) is 41.3 Å². The van der Waals surface area contributed by atoms with Gasteiger partial charge in [0.15, 0.2) is 5.82 Å². The van der Waals surface area contributed by atoms with Crippen molar-refractivity contribution in [3.63, 3.8) is 0 Å². The number of aromatic nitrogens is 3. The first-order valence-electron chi connectivity index (χ1n) is 12.2. The van der Waals surface area contributed by atoms with Crippen molar-refractivity contribution in [1.82, 2.24) is 25.0 Å². The number of likely N-dealkylation sites (tertiary alicyclic amines) is 1. The van der Waals surface area contributed by atoms with E-state index >= 15 is 0 Å². The summed E-state index contributed by atoms with van der Waals surface area (Å²) in [5.41, 5.74) is 2.02. The van der Waals surface area contributed by atoms with E-state index in [0.717, 1.165) is 31.5 Å². The van der Waals surface area contributed by atoms with Gasteiger partial charge >= 0.3 is 0 Å². The zero-order valence-electron chi connectivity index (χ0n) is 20.0. The van der Waals surface area contributed by atoms with Crippen LogP contribution in [0.5, 0.6) is 0 Å². The molecule has 1 aromatic heterocycles. The monoisotopic (exact) mass is 492 g/mol. The lowest BCUT2D eigenvalue weighted by molar-refractivity contribution is -0.118. The highest BCUT2D eigenvalue weighted by atomic mass is 19.1. The second kappa shape index (κ2) is 11.0. The number of nitrogens with zero attached hydrogens (tertiary/aromatic N) is 4. The van der Waals surface area contributed by atoms with Crippen LogP contribution in [0.25, 0.3) is 0 Å². The number of halogens is 1. The average Bonchev–Trinajstić information content (AvgIpc) is 3.55. The van der Waals surface area contributed by atoms with E-state index in [4.69, 9.17) is 4.74 Å². The molecule has 36 heavy (non-hydrogen) atoms. The van der Waals surface area contributed by atoms with Gasteiger partial charge in [0, 0.05) is 37.3 Å². The molecular formula is C26H29FN6O3. The van der Waals surface area contributed by atoms with Crippen molar-refractivity contribution in [1.29, 1.82) is 0 Å². The lowest BCUT2D eigenvalue weighted by Gasteiger charge is -2.26. The number of anilines is 1. The highest BCUT2D eigenvalue weighted by Crippen LogP contribution is 2.31. The van der Waals surface area contributed by atoms with Gasteiger partial charge in [-0.05, 0) is 48.7 Å². The standard InChI is InChI=1S/C26H29FN6O3/c27-20-8-6-18(7-9-20)15-23-29-25(31-30-23)22-5-2-10-33(22)26(35)19-3-1-4-21(16-19)28-24(34)17-32-11-13-36-14-12-32/h1,3-4,6-9,16,22H,2,5,10-15,17H2,(H,28,34)(H,29,30,31)/t22-/m0/s1. The first kappa shape index (κ1) is 24.1. The fraction of sp³-hybridized carbons (Fsp3) is 0.385. The largest absolute Gasteiger partial charge is 0.379 e. The van der Waals surface area contributed by atoms with E-state index in [1.165, 1.54) is 12.1 Å². The van der Waals surface area contributed by atoms with E-state index < -0.39 is 0 Å². The van der Waals surface area contributed by atoms with Gasteiger partial charge in [-0.15, -0.1) is 0 Å². The number of morpholine rings is 1. The van der Waals surface area contributed by atoms with Gasteiger partial charge in [-0.3, -0.25) is 19.6 Å². The molecule has 2 aliphatic rings. The Balaban J connectivity index is 1.23. The predicted molar refractivity (Wildman–Crippen MR) is 131 cm³/mol. The summed E-state index contributed by atoms with van der Waals surface area (Å²) in [4.78, 5) is 34.3. The number of rotatable bonds is 7. The third-order valence-electron chi connectivity index (χ3n) is 6.51. The van der Waals surface area contributed by atoms with Crippen molar-refractivity contribution >= 4 is 17.5 Å². The maximum absolute atomic E-state index is 13.4. The summed E-state index contributed by atoms with van der Waals surface area (Å²) in [6.45, 7) is 3.63. The van der Waals surface area contributed by atoms with Gasteiger partial charge < -0.3 is 15.0 Å². The predicted octanol–water partition coefficient (Wildman–Crippen LogP) is 2.78. The van der Waals surface area contributed by atoms with Crippen LogP contribution in [0.2, 0.25) is 0 Å². The van der Waals surface area contributed by atoms with Crippen LogP contribution >= 0.6 is 0 Å². The number of H-pyrrole nitrogens is 1. The zero-order chi connectivity index (χ0) is 24.9. The smallest absolute Gasteiger partial charge is 0.254 e. The van der Waals surface area contributed by atoms with Crippen molar-refractivity contribution in [2.75, 3.05) is 44.7 Å². The van der Waals surface area contributed by atoms with Crippen LogP contribution in [0.15, 0.2) is 48.5 Å². The molecule has 10 heteroatoms. The molecule has 5 rings (SSSR count). The Labute approximate surface area is 208 Å². The number of carbonyl (C=O) groups excluding carboxylic acids is 2. The van der Waals surface area contributed by atoms with Crippen LogP contribution in [-0.4, -0.2) is 76.2 Å². The van der Waals surface area contributed by atoms with Gasteiger partial charge in [0.25, 0.3) is 5.91 Å². The van der Waals surface area contributed by atoms with Gasteiger partial charge in [-0.2, -0.15) is 5.10 Å². The van der Waals surface area contributed by atoms with Crippen LogP contribution in [0.4, 0.5) is 10.1 Å². The molecule has 0 aliphatic carbocycles. The first-order chi connectivity index (χ1) is 17.5. The molecule has 2 aliphatic heterocycles. The normalized spacial score (nSPS) is 18.4. The Bertz CT molecular complexity index is 1210. The van der Waals surface area contributed by atoms with Gasteiger partial charge in [-0.25, -0.2) is 9.37 Å². The first-order valence-corrected chi connectivity index (χ1v) is 12.2. The highest BCUT2D eigenvalue weighted by Gasteiger charge is 2.33. The maximum atomic E-state index is 13.4. The molecule has 0 radical (unpaired) electrons. The van der Waals surface area contributed by atoms with E-state index in [-0.39, 0.29) is 23.7 Å². The van der Waals surface area contributed by atoms with Crippen molar-refractivity contribution in [2.45, 2.75) is 25.3 Å². The van der Waals surface area contributed by atoms with E-state index in [1.807, 2.05) is 4.90 Å². The summed E-state index contributed by atoms with van der Waals surface area (Å²) in [5, 5.41) is 10.2. The fourth-order valence-corrected chi connectivity index (χ4v) is 4.67. The Morgan fingerprint density at radius 3 is 2.72 bits per heavy atom. The molecule has 0 unspecified atom stereocenters. The highest BCUT2D eigenvalue weighted by molar-refractivity contribution is 5.97. The second-order valence-electron chi connectivity index (χ2n) is 9.12. The van der Waals surface area contributed by atoms with Crippen molar-refractivity contribution in [2.24, 2.45) is 0 Å². The number of aromatic amines is 1. The van der Waals surface area contributed by atoms with Crippen LogP contribution < -0.4 is 5.32 Å². The molecule has 2 saturated heterocycles. The van der Waals surface area contributed by atoms with Crippen molar-refractivity contribution in [3.8, 4) is 0 Å². The minimum atomic E-state index is -0.280. The Morgan fingerprint density at radius 2 is 1.92 bits per heavy atom. The average molecular weight is 493 g/mol. The molecule has 0 spiro atoms. The fourth-order valence-electron chi connectivity index (χ4n) is 4.67. The topological polar surface area (TPSA) is 103 Å². The molecule has 0 bridgehead atoms. The Morgan fingerprint density at radius 1 is 1.11 bits per heavy atom. The van der Waals surface area contributed by atoms with Crippen LogP contribution in [0, 0.1) is 5.82 Å². The number of amides is 2. The quantitative estimate of drug-likeness (QED) is 0.526. The number of nitrogens with one attached hydrogen (secondary N) is 2. The van der Waals surface area contributed by atoms with Crippen LogP contribution in [0.1, 0.15) is 46.5 Å².